The lowest BCUT2D eigenvalue weighted by molar-refractivity contribution is -0.142. The minimum atomic E-state index is -1.07. The summed E-state index contributed by atoms with van der Waals surface area (Å²) in [5.41, 5.74) is 1.56. The molecule has 1 heterocycles. The number of ether oxygens (including phenoxy) is 1. The van der Waals surface area contributed by atoms with E-state index in [1.807, 2.05) is 26.8 Å². The summed E-state index contributed by atoms with van der Waals surface area (Å²) < 4.78 is 10.9. The van der Waals surface area contributed by atoms with E-state index in [0.29, 0.717) is 23.3 Å². The van der Waals surface area contributed by atoms with Crippen molar-refractivity contribution in [2.75, 3.05) is 6.61 Å². The van der Waals surface area contributed by atoms with Gasteiger partial charge in [-0.2, -0.15) is 0 Å². The number of carbonyl (C=O) groups is 2. The zero-order valence-corrected chi connectivity index (χ0v) is 16.7. The molecular formula is C21H27NO6. The van der Waals surface area contributed by atoms with Gasteiger partial charge in [0.25, 0.3) is 5.91 Å². The molecule has 0 saturated carbocycles. The maximum atomic E-state index is 12.1. The molecule has 28 heavy (non-hydrogen) atoms. The van der Waals surface area contributed by atoms with Crippen LogP contribution in [0.25, 0.3) is 11.0 Å². The maximum absolute atomic E-state index is 12.1. The van der Waals surface area contributed by atoms with Crippen molar-refractivity contribution in [3.63, 3.8) is 0 Å². The van der Waals surface area contributed by atoms with Gasteiger partial charge in [0.2, 0.25) is 0 Å². The first kappa shape index (κ1) is 21.5. The zero-order valence-electron chi connectivity index (χ0n) is 16.7. The molecule has 7 heteroatoms. The topological polar surface area (TPSA) is 106 Å². The van der Waals surface area contributed by atoms with Crippen molar-refractivity contribution < 1.29 is 23.8 Å². The van der Waals surface area contributed by atoms with Crippen LogP contribution in [0.15, 0.2) is 27.4 Å². The standard InChI is InChI=1S/C21H27NO6/c1-5-6-14-10-19(24)28-20-13(4)17(8-7-15(14)20)27-11-18(23)22-16(21(25)26)9-12(2)3/h7-8,10,12,16H,5-6,9,11H2,1-4H3,(H,22,23)(H,25,26)/t16-/m0/s1. The molecule has 1 amide bonds. The van der Waals surface area contributed by atoms with Gasteiger partial charge in [-0.1, -0.05) is 27.2 Å². The number of hydrogen-bond donors (Lipinski definition) is 2. The summed E-state index contributed by atoms with van der Waals surface area (Å²) in [6.45, 7) is 7.24. The molecule has 0 radical (unpaired) electrons. The SMILES string of the molecule is CCCc1cc(=O)oc2c(C)c(OCC(=O)N[C@@H](CC(C)C)C(=O)O)ccc12. The van der Waals surface area contributed by atoms with Crippen LogP contribution in [0.4, 0.5) is 0 Å². The number of hydrogen-bond acceptors (Lipinski definition) is 5. The lowest BCUT2D eigenvalue weighted by Crippen LogP contribution is -2.43. The summed E-state index contributed by atoms with van der Waals surface area (Å²) >= 11 is 0. The third kappa shape index (κ3) is 5.34. The molecule has 0 saturated heterocycles. The summed E-state index contributed by atoms with van der Waals surface area (Å²) in [5, 5.41) is 12.5. The maximum Gasteiger partial charge on any atom is 0.336 e. The van der Waals surface area contributed by atoms with Gasteiger partial charge in [0, 0.05) is 17.0 Å². The fourth-order valence-corrected chi connectivity index (χ4v) is 3.11. The number of aliphatic carboxylic acids is 1. The van der Waals surface area contributed by atoms with Crippen LogP contribution in [-0.4, -0.2) is 29.6 Å². The minimum absolute atomic E-state index is 0.130. The molecule has 1 aromatic heterocycles. The van der Waals surface area contributed by atoms with Crippen LogP contribution in [0, 0.1) is 12.8 Å². The fourth-order valence-electron chi connectivity index (χ4n) is 3.11. The Morgan fingerprint density at radius 2 is 2.00 bits per heavy atom. The van der Waals surface area contributed by atoms with Crippen LogP contribution >= 0.6 is 0 Å². The largest absolute Gasteiger partial charge is 0.483 e. The van der Waals surface area contributed by atoms with Crippen LogP contribution in [0.3, 0.4) is 0 Å². The van der Waals surface area contributed by atoms with Gasteiger partial charge in [0.05, 0.1) is 0 Å². The molecule has 0 unspecified atom stereocenters. The summed E-state index contributed by atoms with van der Waals surface area (Å²) in [6.07, 6.45) is 2.00. The van der Waals surface area contributed by atoms with Crippen molar-refractivity contribution in [2.45, 2.75) is 53.0 Å². The Bertz CT molecular complexity index is 915. The number of carboxylic acids is 1. The lowest BCUT2D eigenvalue weighted by Gasteiger charge is -2.17. The second-order valence-corrected chi connectivity index (χ2v) is 7.28. The summed E-state index contributed by atoms with van der Waals surface area (Å²) in [6, 6.07) is 4.08. The number of aryl methyl sites for hydroxylation is 2. The number of benzene rings is 1. The number of nitrogens with one attached hydrogen (secondary N) is 1. The van der Waals surface area contributed by atoms with Crippen molar-refractivity contribution in [2.24, 2.45) is 5.92 Å². The van der Waals surface area contributed by atoms with Crippen molar-refractivity contribution in [3.05, 3.63) is 39.7 Å². The molecule has 0 aliphatic rings. The van der Waals surface area contributed by atoms with E-state index in [9.17, 15) is 19.5 Å². The van der Waals surface area contributed by atoms with E-state index in [0.717, 1.165) is 23.8 Å². The molecule has 0 aliphatic heterocycles. The van der Waals surface area contributed by atoms with Gasteiger partial charge in [0.1, 0.15) is 17.4 Å². The Balaban J connectivity index is 2.16. The number of fused-ring (bicyclic) bond motifs is 1. The molecule has 2 aromatic rings. The van der Waals surface area contributed by atoms with Gasteiger partial charge in [-0.05, 0) is 43.4 Å². The van der Waals surface area contributed by atoms with E-state index in [1.165, 1.54) is 6.07 Å². The highest BCUT2D eigenvalue weighted by Gasteiger charge is 2.21. The number of carboxylic acid groups (broad SMARTS) is 1. The predicted molar refractivity (Wildman–Crippen MR) is 106 cm³/mol. The molecule has 1 aromatic carbocycles. The van der Waals surface area contributed by atoms with Gasteiger partial charge >= 0.3 is 11.6 Å². The Morgan fingerprint density at radius 3 is 2.61 bits per heavy atom. The molecule has 152 valence electrons. The number of rotatable bonds is 9. The number of carbonyl (C=O) groups excluding carboxylic acids is 1. The Kier molecular flexibility index (Phi) is 7.20. The molecule has 2 rings (SSSR count). The lowest BCUT2D eigenvalue weighted by atomic mass is 10.0. The molecule has 0 fully saturated rings. The van der Waals surface area contributed by atoms with E-state index < -0.39 is 23.5 Å². The summed E-state index contributed by atoms with van der Waals surface area (Å²) in [5.74, 6) is -1.05. The van der Waals surface area contributed by atoms with E-state index in [2.05, 4.69) is 5.32 Å². The third-order valence-corrected chi connectivity index (χ3v) is 4.42. The Hall–Kier alpha value is -2.83. The van der Waals surface area contributed by atoms with Crippen LogP contribution in [0.5, 0.6) is 5.75 Å². The van der Waals surface area contributed by atoms with Crippen molar-refractivity contribution in [1.82, 2.24) is 5.32 Å². The molecule has 0 spiro atoms. The highest BCUT2D eigenvalue weighted by Crippen LogP contribution is 2.28. The monoisotopic (exact) mass is 389 g/mol. The van der Waals surface area contributed by atoms with Gasteiger partial charge < -0.3 is 19.6 Å². The molecule has 0 bridgehead atoms. The normalized spacial score (nSPS) is 12.2. The average molecular weight is 389 g/mol. The molecule has 0 aliphatic carbocycles. The van der Waals surface area contributed by atoms with E-state index in [1.54, 1.807) is 13.0 Å². The van der Waals surface area contributed by atoms with Gasteiger partial charge in [-0.25, -0.2) is 9.59 Å². The molecule has 7 nitrogen and oxygen atoms in total. The second kappa shape index (κ2) is 9.39. The Morgan fingerprint density at radius 1 is 1.29 bits per heavy atom. The fraction of sp³-hybridized carbons (Fsp3) is 0.476. The van der Waals surface area contributed by atoms with Crippen LogP contribution in [-0.2, 0) is 16.0 Å². The first-order valence-corrected chi connectivity index (χ1v) is 9.44. The smallest absolute Gasteiger partial charge is 0.336 e. The zero-order chi connectivity index (χ0) is 20.8. The number of amides is 1. The molecular weight excluding hydrogens is 362 g/mol. The second-order valence-electron chi connectivity index (χ2n) is 7.28. The predicted octanol–water partition coefficient (Wildman–Crippen LogP) is 3.05. The van der Waals surface area contributed by atoms with Gasteiger partial charge in [-0.3, -0.25) is 4.79 Å². The van der Waals surface area contributed by atoms with Crippen molar-refractivity contribution >= 4 is 22.8 Å². The van der Waals surface area contributed by atoms with Crippen molar-refractivity contribution in [1.29, 1.82) is 0 Å². The van der Waals surface area contributed by atoms with E-state index in [4.69, 9.17) is 9.15 Å². The molecule has 1 atom stereocenters. The van der Waals surface area contributed by atoms with Crippen LogP contribution in [0.1, 0.15) is 44.7 Å². The van der Waals surface area contributed by atoms with E-state index in [-0.39, 0.29) is 12.5 Å². The van der Waals surface area contributed by atoms with Crippen molar-refractivity contribution in [3.8, 4) is 5.75 Å². The highest BCUT2D eigenvalue weighted by atomic mass is 16.5. The first-order chi connectivity index (χ1) is 13.2. The van der Waals surface area contributed by atoms with E-state index >= 15 is 0 Å². The quantitative estimate of drug-likeness (QED) is 0.639. The van der Waals surface area contributed by atoms with Crippen LogP contribution in [0.2, 0.25) is 0 Å². The Labute approximate surface area is 163 Å². The minimum Gasteiger partial charge on any atom is -0.483 e. The van der Waals surface area contributed by atoms with Gasteiger partial charge in [0.15, 0.2) is 6.61 Å². The average Bonchev–Trinajstić information content (AvgIpc) is 2.61. The summed E-state index contributed by atoms with van der Waals surface area (Å²) in [7, 11) is 0. The van der Waals surface area contributed by atoms with Gasteiger partial charge in [-0.15, -0.1) is 0 Å². The highest BCUT2D eigenvalue weighted by molar-refractivity contribution is 5.86. The third-order valence-electron chi connectivity index (χ3n) is 4.42. The first-order valence-electron chi connectivity index (χ1n) is 9.44. The van der Waals surface area contributed by atoms with Crippen LogP contribution < -0.4 is 15.7 Å². The summed E-state index contributed by atoms with van der Waals surface area (Å²) in [4.78, 5) is 35.2. The molecule has 2 N–H and O–H groups in total.